The van der Waals surface area contributed by atoms with Crippen molar-refractivity contribution in [1.29, 1.82) is 0 Å². The first kappa shape index (κ1) is 19.6. The summed E-state index contributed by atoms with van der Waals surface area (Å²) in [5, 5.41) is 13.3. The highest BCUT2D eigenvalue weighted by Gasteiger charge is 2.06. The van der Waals surface area contributed by atoms with Gasteiger partial charge in [0.15, 0.2) is 0 Å². The van der Waals surface area contributed by atoms with E-state index in [1.807, 2.05) is 29.1 Å². The molecule has 1 N–H and O–H groups in total. The van der Waals surface area contributed by atoms with Crippen LogP contribution in [0.1, 0.15) is 41.5 Å². The first-order valence-electron chi connectivity index (χ1n) is 9.72. The smallest absolute Gasteiger partial charge is 0.303 e. The molecule has 4 nitrogen and oxygen atoms in total. The summed E-state index contributed by atoms with van der Waals surface area (Å²) in [5.41, 5.74) is 4.70. The van der Waals surface area contributed by atoms with E-state index < -0.39 is 5.97 Å². The summed E-state index contributed by atoms with van der Waals surface area (Å²) in [6, 6.07) is 18.7. The number of benzene rings is 2. The van der Waals surface area contributed by atoms with E-state index in [2.05, 4.69) is 53.6 Å². The van der Waals surface area contributed by atoms with Gasteiger partial charge in [0.25, 0.3) is 0 Å². The lowest BCUT2D eigenvalue weighted by molar-refractivity contribution is -0.136. The second-order valence-corrected chi connectivity index (χ2v) is 6.91. The van der Waals surface area contributed by atoms with E-state index >= 15 is 0 Å². The molecule has 3 rings (SSSR count). The number of rotatable bonds is 10. The summed E-state index contributed by atoms with van der Waals surface area (Å²) in [6.07, 6.45) is 11.9. The lowest BCUT2D eigenvalue weighted by Crippen LogP contribution is -2.03. The first-order chi connectivity index (χ1) is 13.7. The van der Waals surface area contributed by atoms with E-state index in [1.165, 1.54) is 5.56 Å². The standard InChI is InChI=1S/C24H26N2O2/c27-24(28)15-14-22-13-12-21(19-26-17-7-16-25-26)18-23(22)11-6-2-5-10-20-8-3-1-4-9-20/h1,3-4,6-9,11-13,16-18H,2,5,10,14-15,19H2,(H,27,28). The average molecular weight is 374 g/mol. The van der Waals surface area contributed by atoms with Gasteiger partial charge in [-0.05, 0) is 60.1 Å². The highest BCUT2D eigenvalue weighted by atomic mass is 16.4. The van der Waals surface area contributed by atoms with Crippen LogP contribution in [0.3, 0.4) is 0 Å². The molecule has 28 heavy (non-hydrogen) atoms. The van der Waals surface area contributed by atoms with Gasteiger partial charge in [-0.1, -0.05) is 54.6 Å². The molecule has 144 valence electrons. The second kappa shape index (κ2) is 10.3. The van der Waals surface area contributed by atoms with Crippen LogP contribution in [0.15, 0.2) is 73.1 Å². The third-order valence-corrected chi connectivity index (χ3v) is 4.70. The molecule has 4 heteroatoms. The Morgan fingerprint density at radius 2 is 1.89 bits per heavy atom. The molecule has 0 atom stereocenters. The summed E-state index contributed by atoms with van der Waals surface area (Å²) >= 11 is 0. The van der Waals surface area contributed by atoms with Crippen LogP contribution in [0.2, 0.25) is 0 Å². The normalized spacial score (nSPS) is 11.1. The number of hydrogen-bond donors (Lipinski definition) is 1. The Balaban J connectivity index is 1.65. The van der Waals surface area contributed by atoms with Gasteiger partial charge in [-0.25, -0.2) is 0 Å². The molecule has 0 radical (unpaired) electrons. The zero-order chi connectivity index (χ0) is 19.6. The maximum atomic E-state index is 11.0. The van der Waals surface area contributed by atoms with Crippen molar-refractivity contribution in [2.45, 2.75) is 38.6 Å². The quantitative estimate of drug-likeness (QED) is 0.509. The maximum absolute atomic E-state index is 11.0. The number of unbranched alkanes of at least 4 members (excludes halogenated alkanes) is 1. The maximum Gasteiger partial charge on any atom is 0.303 e. The molecular weight excluding hydrogens is 348 g/mol. The minimum Gasteiger partial charge on any atom is -0.481 e. The zero-order valence-corrected chi connectivity index (χ0v) is 16.0. The van der Waals surface area contributed by atoms with Crippen molar-refractivity contribution in [2.24, 2.45) is 0 Å². The molecule has 1 aromatic heterocycles. The Kier molecular flexibility index (Phi) is 7.19. The van der Waals surface area contributed by atoms with Gasteiger partial charge in [-0.3, -0.25) is 9.48 Å². The molecule has 0 spiro atoms. The molecule has 0 aliphatic carbocycles. The van der Waals surface area contributed by atoms with Gasteiger partial charge in [0.2, 0.25) is 0 Å². The molecule has 0 aliphatic rings. The van der Waals surface area contributed by atoms with E-state index in [0.717, 1.165) is 36.0 Å². The van der Waals surface area contributed by atoms with E-state index in [1.54, 1.807) is 6.20 Å². The van der Waals surface area contributed by atoms with E-state index in [4.69, 9.17) is 5.11 Å². The third-order valence-electron chi connectivity index (χ3n) is 4.70. The fourth-order valence-corrected chi connectivity index (χ4v) is 3.23. The second-order valence-electron chi connectivity index (χ2n) is 6.91. The minimum absolute atomic E-state index is 0.146. The van der Waals surface area contributed by atoms with Crippen LogP contribution in [0, 0.1) is 0 Å². The van der Waals surface area contributed by atoms with Crippen molar-refractivity contribution in [3.63, 3.8) is 0 Å². The van der Waals surface area contributed by atoms with Crippen LogP contribution >= 0.6 is 0 Å². The Morgan fingerprint density at radius 1 is 1.04 bits per heavy atom. The fourth-order valence-electron chi connectivity index (χ4n) is 3.23. The zero-order valence-electron chi connectivity index (χ0n) is 16.0. The lowest BCUT2D eigenvalue weighted by Gasteiger charge is -2.09. The van der Waals surface area contributed by atoms with Gasteiger partial charge in [0.1, 0.15) is 0 Å². The van der Waals surface area contributed by atoms with E-state index in [-0.39, 0.29) is 6.42 Å². The SMILES string of the molecule is O=C(O)CCc1ccc(Cn2cccn2)cc1C=CCCCc1ccccc1. The van der Waals surface area contributed by atoms with Crippen molar-refractivity contribution in [1.82, 2.24) is 9.78 Å². The van der Waals surface area contributed by atoms with Crippen LogP contribution in [0.25, 0.3) is 6.08 Å². The molecule has 2 aromatic carbocycles. The average Bonchev–Trinajstić information content (AvgIpc) is 3.21. The number of carbonyl (C=O) groups is 1. The number of aryl methyl sites for hydroxylation is 2. The molecule has 0 amide bonds. The number of hydrogen-bond acceptors (Lipinski definition) is 2. The molecule has 1 heterocycles. The van der Waals surface area contributed by atoms with Crippen molar-refractivity contribution in [3.8, 4) is 0 Å². The molecule has 0 saturated heterocycles. The number of aromatic nitrogens is 2. The van der Waals surface area contributed by atoms with Crippen LogP contribution in [-0.2, 0) is 24.2 Å². The number of carboxylic acids is 1. The number of nitrogens with zero attached hydrogens (tertiary/aromatic N) is 2. The number of aliphatic carboxylic acids is 1. The van der Waals surface area contributed by atoms with Gasteiger partial charge < -0.3 is 5.11 Å². The molecule has 3 aromatic rings. The largest absolute Gasteiger partial charge is 0.481 e. The molecule has 0 bridgehead atoms. The van der Waals surface area contributed by atoms with Crippen molar-refractivity contribution in [3.05, 3.63) is 95.3 Å². The fraction of sp³-hybridized carbons (Fsp3) is 0.250. The van der Waals surface area contributed by atoms with Crippen molar-refractivity contribution in [2.75, 3.05) is 0 Å². The van der Waals surface area contributed by atoms with E-state index in [0.29, 0.717) is 13.0 Å². The van der Waals surface area contributed by atoms with Gasteiger partial charge >= 0.3 is 5.97 Å². The third kappa shape index (κ3) is 6.23. The van der Waals surface area contributed by atoms with Gasteiger partial charge in [0.05, 0.1) is 6.54 Å². The van der Waals surface area contributed by atoms with E-state index in [9.17, 15) is 4.79 Å². The minimum atomic E-state index is -0.765. The first-order valence-corrected chi connectivity index (χ1v) is 9.72. The predicted octanol–water partition coefficient (Wildman–Crippen LogP) is 4.98. The highest BCUT2D eigenvalue weighted by Crippen LogP contribution is 2.18. The van der Waals surface area contributed by atoms with Crippen molar-refractivity contribution >= 4 is 12.0 Å². The molecule has 0 saturated carbocycles. The lowest BCUT2D eigenvalue weighted by atomic mass is 9.99. The molecule has 0 fully saturated rings. The van der Waals surface area contributed by atoms with Crippen LogP contribution in [0.4, 0.5) is 0 Å². The van der Waals surface area contributed by atoms with Crippen LogP contribution in [0.5, 0.6) is 0 Å². The van der Waals surface area contributed by atoms with Gasteiger partial charge in [0, 0.05) is 18.8 Å². The summed E-state index contributed by atoms with van der Waals surface area (Å²) in [7, 11) is 0. The summed E-state index contributed by atoms with van der Waals surface area (Å²) in [6.45, 7) is 0.709. The van der Waals surface area contributed by atoms with Crippen molar-refractivity contribution < 1.29 is 9.90 Å². The number of carboxylic acid groups (broad SMARTS) is 1. The highest BCUT2D eigenvalue weighted by molar-refractivity contribution is 5.67. The topological polar surface area (TPSA) is 55.1 Å². The molecule has 0 unspecified atom stereocenters. The number of allylic oxidation sites excluding steroid dienone is 1. The molecule has 0 aliphatic heterocycles. The Morgan fingerprint density at radius 3 is 2.64 bits per heavy atom. The summed E-state index contributed by atoms with van der Waals surface area (Å²) < 4.78 is 1.89. The Hall–Kier alpha value is -3.14. The monoisotopic (exact) mass is 374 g/mol. The Bertz CT molecular complexity index is 900. The molecular formula is C24H26N2O2. The summed E-state index contributed by atoms with van der Waals surface area (Å²) in [5.74, 6) is -0.765. The predicted molar refractivity (Wildman–Crippen MR) is 112 cm³/mol. The van der Waals surface area contributed by atoms with Crippen LogP contribution < -0.4 is 0 Å². The van der Waals surface area contributed by atoms with Gasteiger partial charge in [-0.2, -0.15) is 5.10 Å². The van der Waals surface area contributed by atoms with Gasteiger partial charge in [-0.15, -0.1) is 0 Å². The Labute approximate surface area is 166 Å². The van der Waals surface area contributed by atoms with Crippen LogP contribution in [-0.4, -0.2) is 20.9 Å². The summed E-state index contributed by atoms with van der Waals surface area (Å²) in [4.78, 5) is 11.0.